The van der Waals surface area contributed by atoms with Crippen LogP contribution >= 0.6 is 0 Å². The fraction of sp³-hybridized carbons (Fsp3) is 0.800. The second-order valence-corrected chi connectivity index (χ2v) is 5.69. The minimum absolute atomic E-state index is 0.328. The van der Waals surface area contributed by atoms with Gasteiger partial charge in [-0.25, -0.2) is 5.26 Å². The molecule has 0 aliphatic rings. The summed E-state index contributed by atoms with van der Waals surface area (Å²) in [5.74, 6) is 0. The van der Waals surface area contributed by atoms with E-state index >= 15 is 0 Å². The molecule has 0 aliphatic carbocycles. The van der Waals surface area contributed by atoms with E-state index in [4.69, 9.17) is 5.26 Å². The van der Waals surface area contributed by atoms with E-state index < -0.39 is 9.52 Å². The average Bonchev–Trinajstić information content (AvgIpc) is 1.30. The third-order valence-electron chi connectivity index (χ3n) is 0.609. The summed E-state index contributed by atoms with van der Waals surface area (Å²) in [5, 5.41) is 8.54. The van der Waals surface area contributed by atoms with Crippen molar-refractivity contribution < 1.29 is 0 Å². The molecule has 0 bridgehead atoms. The molecule has 0 atom stereocenters. The Hall–Kier alpha value is -0.293. The fourth-order valence-corrected chi connectivity index (χ4v) is 0.712. The molecule has 0 N–H and O–H groups in total. The highest BCUT2D eigenvalue weighted by Gasteiger charge is 2.08. The number of nitriles is 1. The topological polar surface area (TPSA) is 23.8 Å². The first-order chi connectivity index (χ1) is 3.06. The van der Waals surface area contributed by atoms with Gasteiger partial charge in [0.1, 0.15) is 9.52 Å². The average molecular weight is 113 g/mol. The van der Waals surface area contributed by atoms with Crippen molar-refractivity contribution in [3.63, 3.8) is 0 Å². The van der Waals surface area contributed by atoms with Gasteiger partial charge in [0.2, 0.25) is 0 Å². The van der Waals surface area contributed by atoms with Crippen LogP contribution in [0.2, 0.25) is 5.04 Å². The Labute approximate surface area is 47.2 Å². The first-order valence-corrected chi connectivity index (χ1v) is 3.84. The molecule has 0 aliphatic heterocycles. The molecule has 1 nitrogen and oxygen atoms in total. The van der Waals surface area contributed by atoms with Gasteiger partial charge in [-0.3, -0.25) is 0 Å². The van der Waals surface area contributed by atoms with Crippen molar-refractivity contribution in [2.75, 3.05) is 0 Å². The molecule has 0 radical (unpaired) electrons. The molecule has 2 heteroatoms. The monoisotopic (exact) mass is 113 g/mol. The van der Waals surface area contributed by atoms with Crippen LogP contribution in [0.25, 0.3) is 0 Å². The zero-order valence-electron chi connectivity index (χ0n) is 5.15. The normalized spacial score (nSPS) is 12.3. The molecule has 0 heterocycles. The summed E-state index contributed by atoms with van der Waals surface area (Å²) in [6.45, 7) is 6.34. The van der Waals surface area contributed by atoms with E-state index in [1.165, 1.54) is 0 Å². The third kappa shape index (κ3) is 5.71. The van der Waals surface area contributed by atoms with Crippen LogP contribution < -0.4 is 0 Å². The molecule has 0 spiro atoms. The SMILES string of the molecule is CC(C)(C)[SiH2]C#N. The van der Waals surface area contributed by atoms with Crippen molar-refractivity contribution in [3.05, 3.63) is 0 Å². The third-order valence-corrected chi connectivity index (χ3v) is 1.83. The zero-order valence-corrected chi connectivity index (χ0v) is 6.57. The van der Waals surface area contributed by atoms with Crippen LogP contribution in [-0.4, -0.2) is 9.52 Å². The fourth-order valence-electron chi connectivity index (χ4n) is 0.237. The molecule has 7 heavy (non-hydrogen) atoms. The second kappa shape index (κ2) is 2.13. The second-order valence-electron chi connectivity index (χ2n) is 2.90. The van der Waals surface area contributed by atoms with Crippen LogP contribution in [-0.2, 0) is 0 Å². The van der Waals surface area contributed by atoms with Crippen LogP contribution in [0.5, 0.6) is 0 Å². The number of hydrogen-bond acceptors (Lipinski definition) is 1. The lowest BCUT2D eigenvalue weighted by Crippen LogP contribution is -2.04. The van der Waals surface area contributed by atoms with Crippen molar-refractivity contribution >= 4 is 9.52 Å². The van der Waals surface area contributed by atoms with E-state index in [9.17, 15) is 0 Å². The molecule has 0 saturated heterocycles. The summed E-state index contributed by atoms with van der Waals surface area (Å²) in [7, 11) is -0.434. The van der Waals surface area contributed by atoms with Gasteiger partial charge in [-0.05, 0) is 5.04 Å². The maximum atomic E-state index is 8.21. The van der Waals surface area contributed by atoms with Crippen LogP contribution in [0, 0.1) is 11.0 Å². The van der Waals surface area contributed by atoms with Gasteiger partial charge in [0, 0.05) is 5.69 Å². The van der Waals surface area contributed by atoms with E-state index in [1.54, 1.807) is 0 Å². The Morgan fingerprint density at radius 3 is 1.86 bits per heavy atom. The first kappa shape index (κ1) is 6.71. The van der Waals surface area contributed by atoms with E-state index in [0.717, 1.165) is 0 Å². The van der Waals surface area contributed by atoms with E-state index in [2.05, 4.69) is 26.5 Å². The maximum absolute atomic E-state index is 8.21. The highest BCUT2D eigenvalue weighted by Crippen LogP contribution is 2.18. The molecule has 0 unspecified atom stereocenters. The lowest BCUT2D eigenvalue weighted by atomic mass is 10.3. The van der Waals surface area contributed by atoms with Gasteiger partial charge in [-0.2, -0.15) is 0 Å². The van der Waals surface area contributed by atoms with E-state index in [1.807, 2.05) is 0 Å². The molecule has 0 aromatic rings. The highest BCUT2D eigenvalue weighted by atomic mass is 28.2. The molecule has 0 saturated carbocycles. The molecular formula is C5H11NSi. The Kier molecular flexibility index (Phi) is 2.04. The van der Waals surface area contributed by atoms with E-state index in [-0.39, 0.29) is 0 Å². The molecule has 0 aromatic heterocycles. The van der Waals surface area contributed by atoms with Gasteiger partial charge in [-0.15, -0.1) is 0 Å². The van der Waals surface area contributed by atoms with Crippen molar-refractivity contribution in [3.8, 4) is 5.69 Å². The zero-order chi connectivity index (χ0) is 5.91. The Morgan fingerprint density at radius 1 is 1.43 bits per heavy atom. The predicted molar refractivity (Wildman–Crippen MR) is 33.9 cm³/mol. The van der Waals surface area contributed by atoms with Crippen LogP contribution in [0.1, 0.15) is 20.8 Å². The quantitative estimate of drug-likeness (QED) is 0.427. The summed E-state index contributed by atoms with van der Waals surface area (Å²) in [6, 6.07) is 0. The summed E-state index contributed by atoms with van der Waals surface area (Å²) < 4.78 is 0. The Morgan fingerprint density at radius 2 is 1.86 bits per heavy atom. The van der Waals surface area contributed by atoms with Gasteiger partial charge >= 0.3 is 0 Å². The number of nitrogens with zero attached hydrogens (tertiary/aromatic N) is 1. The predicted octanol–water partition coefficient (Wildman–Crippen LogP) is 0.855. The minimum Gasteiger partial charge on any atom is -0.207 e. The van der Waals surface area contributed by atoms with E-state index in [0.29, 0.717) is 5.04 Å². The minimum atomic E-state index is -0.434. The van der Waals surface area contributed by atoms with Gasteiger partial charge in [0.05, 0.1) is 0 Å². The highest BCUT2D eigenvalue weighted by molar-refractivity contribution is 6.48. The van der Waals surface area contributed by atoms with Crippen molar-refractivity contribution in [1.29, 1.82) is 5.26 Å². The smallest absolute Gasteiger partial charge is 0.147 e. The summed E-state index contributed by atoms with van der Waals surface area (Å²) in [4.78, 5) is 0. The van der Waals surface area contributed by atoms with Crippen LogP contribution in [0.4, 0.5) is 0 Å². The maximum Gasteiger partial charge on any atom is 0.147 e. The lowest BCUT2D eigenvalue weighted by Gasteiger charge is -2.09. The van der Waals surface area contributed by atoms with Gasteiger partial charge in [-0.1, -0.05) is 20.8 Å². The number of hydrogen-bond donors (Lipinski definition) is 0. The van der Waals surface area contributed by atoms with Gasteiger partial charge in [0.25, 0.3) is 0 Å². The Balaban J connectivity index is 3.40. The van der Waals surface area contributed by atoms with Crippen LogP contribution in [0.15, 0.2) is 0 Å². The molecule has 0 rings (SSSR count). The Bertz CT molecular complexity index is 85.2. The molecular weight excluding hydrogens is 102 g/mol. The first-order valence-electron chi connectivity index (χ1n) is 2.43. The molecule has 40 valence electrons. The summed E-state index contributed by atoms with van der Waals surface area (Å²) in [5.41, 5.74) is 2.25. The largest absolute Gasteiger partial charge is 0.207 e. The van der Waals surface area contributed by atoms with Gasteiger partial charge in [0.15, 0.2) is 0 Å². The lowest BCUT2D eigenvalue weighted by molar-refractivity contribution is 0.759. The molecule has 0 amide bonds. The van der Waals surface area contributed by atoms with Crippen molar-refractivity contribution in [2.45, 2.75) is 25.8 Å². The van der Waals surface area contributed by atoms with Crippen molar-refractivity contribution in [1.82, 2.24) is 0 Å². The van der Waals surface area contributed by atoms with Crippen molar-refractivity contribution in [2.24, 2.45) is 0 Å². The number of rotatable bonds is 0. The van der Waals surface area contributed by atoms with Crippen LogP contribution in [0.3, 0.4) is 0 Å². The molecule has 0 fully saturated rings. The summed E-state index contributed by atoms with van der Waals surface area (Å²) in [6.07, 6.45) is 0. The molecule has 0 aromatic carbocycles. The van der Waals surface area contributed by atoms with Gasteiger partial charge < -0.3 is 0 Å². The standard InChI is InChI=1S/C5H11NSi/c1-5(2,3)7-4-6/h7H2,1-3H3. The summed E-state index contributed by atoms with van der Waals surface area (Å²) >= 11 is 0.